The van der Waals surface area contributed by atoms with Gasteiger partial charge < -0.3 is 5.73 Å². The normalized spacial score (nSPS) is 22.9. The van der Waals surface area contributed by atoms with Crippen molar-refractivity contribution in [2.45, 2.75) is 18.9 Å². The van der Waals surface area contributed by atoms with Crippen LogP contribution >= 0.6 is 27.7 Å². The lowest BCUT2D eigenvalue weighted by atomic mass is 9.94. The highest BCUT2D eigenvalue weighted by atomic mass is 79.9. The van der Waals surface area contributed by atoms with Crippen molar-refractivity contribution in [1.82, 2.24) is 4.98 Å². The molecule has 0 aromatic carbocycles. The predicted octanol–water partition coefficient (Wildman–Crippen LogP) is 2.47. The second kappa shape index (κ2) is 5.32. The number of aromatic nitrogens is 1. The van der Waals surface area contributed by atoms with Crippen LogP contribution in [0, 0.1) is 5.92 Å². The molecular formula is C11H15BrN2S. The van der Waals surface area contributed by atoms with E-state index in [1.54, 1.807) is 6.20 Å². The second-order valence-electron chi connectivity index (χ2n) is 4.00. The third-order valence-corrected chi connectivity index (χ3v) is 4.43. The van der Waals surface area contributed by atoms with Gasteiger partial charge in [-0.3, -0.25) is 4.98 Å². The summed E-state index contributed by atoms with van der Waals surface area (Å²) in [4.78, 5) is 4.16. The van der Waals surface area contributed by atoms with Gasteiger partial charge in [0.25, 0.3) is 0 Å². The molecule has 1 fully saturated rings. The van der Waals surface area contributed by atoms with Crippen LogP contribution in [0.5, 0.6) is 0 Å². The van der Waals surface area contributed by atoms with Crippen molar-refractivity contribution in [1.29, 1.82) is 0 Å². The number of rotatable bonds is 3. The molecular weight excluding hydrogens is 272 g/mol. The smallest absolute Gasteiger partial charge is 0.0410 e. The van der Waals surface area contributed by atoms with E-state index in [9.17, 15) is 0 Å². The van der Waals surface area contributed by atoms with Gasteiger partial charge in [-0.05, 0) is 57.8 Å². The van der Waals surface area contributed by atoms with Gasteiger partial charge in [-0.1, -0.05) is 0 Å². The van der Waals surface area contributed by atoms with Crippen LogP contribution in [0.25, 0.3) is 0 Å². The summed E-state index contributed by atoms with van der Waals surface area (Å²) in [6.45, 7) is 0. The summed E-state index contributed by atoms with van der Waals surface area (Å²) < 4.78 is 1.04. The summed E-state index contributed by atoms with van der Waals surface area (Å²) in [6.07, 6.45) is 5.93. The summed E-state index contributed by atoms with van der Waals surface area (Å²) in [5.41, 5.74) is 7.44. The number of hydrogen-bond acceptors (Lipinski definition) is 3. The number of nitrogens with zero attached hydrogens (tertiary/aromatic N) is 1. The molecule has 1 aliphatic rings. The molecule has 0 saturated carbocycles. The first-order chi connectivity index (χ1) is 7.25. The molecule has 0 bridgehead atoms. The average molecular weight is 287 g/mol. The molecule has 1 aliphatic heterocycles. The van der Waals surface area contributed by atoms with Crippen LogP contribution in [-0.2, 0) is 6.42 Å². The van der Waals surface area contributed by atoms with E-state index in [1.807, 2.05) is 18.0 Å². The molecule has 15 heavy (non-hydrogen) atoms. The fourth-order valence-electron chi connectivity index (χ4n) is 1.90. The van der Waals surface area contributed by atoms with Crippen molar-refractivity contribution in [3.8, 4) is 0 Å². The largest absolute Gasteiger partial charge is 0.327 e. The summed E-state index contributed by atoms with van der Waals surface area (Å²) in [5.74, 6) is 3.19. The van der Waals surface area contributed by atoms with Gasteiger partial charge >= 0.3 is 0 Å². The van der Waals surface area contributed by atoms with Gasteiger partial charge in [-0.2, -0.15) is 11.8 Å². The van der Waals surface area contributed by atoms with Crippen LogP contribution in [-0.4, -0.2) is 22.5 Å². The SMILES string of the molecule is NC(Cc1cncc(Br)c1)C1CCSC1. The first kappa shape index (κ1) is 11.4. The Bertz CT molecular complexity index is 326. The van der Waals surface area contributed by atoms with E-state index in [4.69, 9.17) is 5.73 Å². The van der Waals surface area contributed by atoms with E-state index in [1.165, 1.54) is 23.5 Å². The van der Waals surface area contributed by atoms with Crippen LogP contribution in [0.3, 0.4) is 0 Å². The maximum Gasteiger partial charge on any atom is 0.0410 e. The van der Waals surface area contributed by atoms with Crippen molar-refractivity contribution in [2.75, 3.05) is 11.5 Å². The minimum atomic E-state index is 0.288. The minimum Gasteiger partial charge on any atom is -0.327 e. The van der Waals surface area contributed by atoms with Gasteiger partial charge in [-0.15, -0.1) is 0 Å². The maximum atomic E-state index is 6.20. The van der Waals surface area contributed by atoms with Crippen LogP contribution in [0.1, 0.15) is 12.0 Å². The Balaban J connectivity index is 1.95. The van der Waals surface area contributed by atoms with Gasteiger partial charge in [-0.25, -0.2) is 0 Å². The zero-order chi connectivity index (χ0) is 10.7. The van der Waals surface area contributed by atoms with Gasteiger partial charge in [0.05, 0.1) is 0 Å². The Labute approximate surface area is 103 Å². The fraction of sp³-hybridized carbons (Fsp3) is 0.545. The predicted molar refractivity (Wildman–Crippen MR) is 69.0 cm³/mol. The van der Waals surface area contributed by atoms with Crippen molar-refractivity contribution in [3.05, 3.63) is 28.5 Å². The molecule has 1 aromatic rings. The Morgan fingerprint density at radius 3 is 3.13 bits per heavy atom. The van der Waals surface area contributed by atoms with Crippen LogP contribution in [0.4, 0.5) is 0 Å². The maximum absolute atomic E-state index is 6.20. The average Bonchev–Trinajstić information content (AvgIpc) is 2.70. The van der Waals surface area contributed by atoms with E-state index < -0.39 is 0 Å². The number of halogens is 1. The zero-order valence-corrected chi connectivity index (χ0v) is 10.9. The topological polar surface area (TPSA) is 38.9 Å². The Kier molecular flexibility index (Phi) is 4.05. The highest BCUT2D eigenvalue weighted by molar-refractivity contribution is 9.10. The molecule has 2 nitrogen and oxygen atoms in total. The Hall–Kier alpha value is -0.0600. The van der Waals surface area contributed by atoms with Crippen molar-refractivity contribution in [2.24, 2.45) is 11.7 Å². The fourth-order valence-corrected chi connectivity index (χ4v) is 3.66. The molecule has 0 aliphatic carbocycles. The summed E-state index contributed by atoms with van der Waals surface area (Å²) in [7, 11) is 0. The molecule has 0 spiro atoms. The lowest BCUT2D eigenvalue weighted by Crippen LogP contribution is -2.32. The van der Waals surface area contributed by atoms with Crippen LogP contribution < -0.4 is 5.73 Å². The molecule has 1 aromatic heterocycles. The number of pyridine rings is 1. The molecule has 1 saturated heterocycles. The van der Waals surface area contributed by atoms with Crippen LogP contribution in [0.15, 0.2) is 22.9 Å². The third kappa shape index (κ3) is 3.20. The number of thioether (sulfide) groups is 1. The molecule has 4 heteroatoms. The summed E-state index contributed by atoms with van der Waals surface area (Å²) in [5, 5.41) is 0. The Morgan fingerprint density at radius 2 is 2.47 bits per heavy atom. The van der Waals surface area contributed by atoms with Crippen molar-refractivity contribution in [3.63, 3.8) is 0 Å². The monoisotopic (exact) mass is 286 g/mol. The summed E-state index contributed by atoms with van der Waals surface area (Å²) >= 11 is 5.45. The van der Waals surface area contributed by atoms with E-state index in [0.29, 0.717) is 5.92 Å². The number of hydrogen-bond donors (Lipinski definition) is 1. The van der Waals surface area contributed by atoms with E-state index in [-0.39, 0.29) is 6.04 Å². The standard InChI is InChI=1S/C11H15BrN2S/c12-10-3-8(5-14-6-10)4-11(13)9-1-2-15-7-9/h3,5-6,9,11H,1-2,4,7,13H2. The molecule has 2 N–H and O–H groups in total. The van der Waals surface area contributed by atoms with Gasteiger partial charge in [0.1, 0.15) is 0 Å². The van der Waals surface area contributed by atoms with Gasteiger partial charge in [0.15, 0.2) is 0 Å². The second-order valence-corrected chi connectivity index (χ2v) is 6.07. The van der Waals surface area contributed by atoms with E-state index in [2.05, 4.69) is 27.0 Å². The quantitative estimate of drug-likeness (QED) is 0.928. The molecule has 0 amide bonds. The summed E-state index contributed by atoms with van der Waals surface area (Å²) in [6, 6.07) is 2.39. The number of nitrogens with two attached hydrogens (primary N) is 1. The molecule has 2 rings (SSSR count). The first-order valence-corrected chi connectivity index (χ1v) is 7.13. The van der Waals surface area contributed by atoms with E-state index in [0.717, 1.165) is 10.9 Å². The first-order valence-electron chi connectivity index (χ1n) is 5.18. The zero-order valence-electron chi connectivity index (χ0n) is 8.53. The highest BCUT2D eigenvalue weighted by Gasteiger charge is 2.22. The van der Waals surface area contributed by atoms with E-state index >= 15 is 0 Å². The molecule has 0 radical (unpaired) electrons. The Morgan fingerprint density at radius 1 is 1.60 bits per heavy atom. The third-order valence-electron chi connectivity index (χ3n) is 2.80. The van der Waals surface area contributed by atoms with Crippen molar-refractivity contribution < 1.29 is 0 Å². The lowest BCUT2D eigenvalue weighted by molar-refractivity contribution is 0.462. The molecule has 82 valence electrons. The van der Waals surface area contributed by atoms with Crippen LogP contribution in [0.2, 0.25) is 0 Å². The molecule has 2 unspecified atom stereocenters. The minimum absolute atomic E-state index is 0.288. The molecule has 2 atom stereocenters. The van der Waals surface area contributed by atoms with Gasteiger partial charge in [0.2, 0.25) is 0 Å². The lowest BCUT2D eigenvalue weighted by Gasteiger charge is -2.17. The van der Waals surface area contributed by atoms with Gasteiger partial charge in [0, 0.05) is 22.9 Å². The highest BCUT2D eigenvalue weighted by Crippen LogP contribution is 2.26. The molecule has 2 heterocycles. The van der Waals surface area contributed by atoms with Crippen molar-refractivity contribution >= 4 is 27.7 Å².